The monoisotopic (exact) mass is 304 g/mol. The molecule has 0 aliphatic rings. The Bertz CT molecular complexity index is 328. The van der Waals surface area contributed by atoms with Gasteiger partial charge in [-0.15, -0.1) is 11.6 Å². The van der Waals surface area contributed by atoms with Gasteiger partial charge in [-0.25, -0.2) is 0 Å². The van der Waals surface area contributed by atoms with E-state index in [-0.39, 0.29) is 5.38 Å². The molecule has 16 heavy (non-hydrogen) atoms. The molecule has 1 aromatic rings. The van der Waals surface area contributed by atoms with Gasteiger partial charge < -0.3 is 4.74 Å². The third-order valence-corrected chi connectivity index (χ3v) is 3.54. The standard InChI is InChI=1S/C13H18BrClO/c1-3-4-5-6-12(15)11-9-10(14)7-8-13(11)16-2/h7-9,12H,3-6H2,1-2H3. The zero-order valence-corrected chi connectivity index (χ0v) is 12.1. The van der Waals surface area contributed by atoms with E-state index in [1.807, 2.05) is 18.2 Å². The van der Waals surface area contributed by atoms with Crippen molar-refractivity contribution in [1.29, 1.82) is 0 Å². The van der Waals surface area contributed by atoms with Crippen LogP contribution in [0.25, 0.3) is 0 Å². The second kappa shape index (κ2) is 7.18. The first kappa shape index (κ1) is 13.9. The Balaban J connectivity index is 2.72. The van der Waals surface area contributed by atoms with E-state index < -0.39 is 0 Å². The van der Waals surface area contributed by atoms with Gasteiger partial charge in [0.05, 0.1) is 12.5 Å². The van der Waals surface area contributed by atoms with Crippen LogP contribution in [0.5, 0.6) is 5.75 Å². The summed E-state index contributed by atoms with van der Waals surface area (Å²) in [6.45, 7) is 2.20. The summed E-state index contributed by atoms with van der Waals surface area (Å²) in [6.07, 6.45) is 4.63. The zero-order chi connectivity index (χ0) is 12.0. The lowest BCUT2D eigenvalue weighted by atomic mass is 10.0. The molecular formula is C13H18BrClO. The van der Waals surface area contributed by atoms with E-state index in [4.69, 9.17) is 16.3 Å². The van der Waals surface area contributed by atoms with E-state index in [1.54, 1.807) is 7.11 Å². The Hall–Kier alpha value is -0.210. The second-order valence-corrected chi connectivity index (χ2v) is 5.29. The van der Waals surface area contributed by atoms with Crippen LogP contribution in [-0.4, -0.2) is 7.11 Å². The van der Waals surface area contributed by atoms with Gasteiger partial charge in [0, 0.05) is 10.0 Å². The highest BCUT2D eigenvalue weighted by molar-refractivity contribution is 9.10. The predicted octanol–water partition coefficient (Wildman–Crippen LogP) is 5.32. The van der Waals surface area contributed by atoms with Crippen molar-refractivity contribution in [2.75, 3.05) is 7.11 Å². The molecule has 1 nitrogen and oxygen atoms in total. The number of hydrogen-bond donors (Lipinski definition) is 0. The van der Waals surface area contributed by atoms with Crippen molar-refractivity contribution in [2.24, 2.45) is 0 Å². The molecule has 1 aromatic carbocycles. The van der Waals surface area contributed by atoms with Crippen LogP contribution in [0.3, 0.4) is 0 Å². The molecule has 0 bridgehead atoms. The lowest BCUT2D eigenvalue weighted by Gasteiger charge is -2.14. The number of hydrogen-bond acceptors (Lipinski definition) is 1. The van der Waals surface area contributed by atoms with Crippen molar-refractivity contribution in [1.82, 2.24) is 0 Å². The molecular weight excluding hydrogens is 287 g/mol. The van der Waals surface area contributed by atoms with E-state index >= 15 is 0 Å². The molecule has 0 aromatic heterocycles. The Labute approximate surface area is 111 Å². The maximum atomic E-state index is 6.40. The van der Waals surface area contributed by atoms with Crippen molar-refractivity contribution in [2.45, 2.75) is 38.0 Å². The molecule has 0 aliphatic heterocycles. The smallest absolute Gasteiger partial charge is 0.123 e. The summed E-state index contributed by atoms with van der Waals surface area (Å²) >= 11 is 9.86. The topological polar surface area (TPSA) is 9.23 Å². The first-order chi connectivity index (χ1) is 7.69. The average Bonchev–Trinajstić information content (AvgIpc) is 2.29. The molecule has 3 heteroatoms. The van der Waals surface area contributed by atoms with E-state index in [0.717, 1.165) is 22.2 Å². The van der Waals surface area contributed by atoms with Gasteiger partial charge in [-0.2, -0.15) is 0 Å². The fraction of sp³-hybridized carbons (Fsp3) is 0.538. The third-order valence-electron chi connectivity index (χ3n) is 2.59. The second-order valence-electron chi connectivity index (χ2n) is 3.85. The lowest BCUT2D eigenvalue weighted by molar-refractivity contribution is 0.408. The number of rotatable bonds is 6. The van der Waals surface area contributed by atoms with E-state index in [2.05, 4.69) is 22.9 Å². The first-order valence-corrected chi connectivity index (χ1v) is 6.89. The van der Waals surface area contributed by atoms with Crippen LogP contribution in [0, 0.1) is 0 Å². The SMILES string of the molecule is CCCCCC(Cl)c1cc(Br)ccc1OC. The molecule has 0 radical (unpaired) electrons. The van der Waals surface area contributed by atoms with Gasteiger partial charge >= 0.3 is 0 Å². The summed E-state index contributed by atoms with van der Waals surface area (Å²) in [6, 6.07) is 5.97. The van der Waals surface area contributed by atoms with Crippen molar-refractivity contribution in [3.63, 3.8) is 0 Å². The Morgan fingerprint density at radius 1 is 1.38 bits per heavy atom. The van der Waals surface area contributed by atoms with Crippen LogP contribution in [0.15, 0.2) is 22.7 Å². The summed E-state index contributed by atoms with van der Waals surface area (Å²) in [5.74, 6) is 0.875. The Morgan fingerprint density at radius 2 is 2.12 bits per heavy atom. The minimum atomic E-state index is 0.0407. The number of ether oxygens (including phenoxy) is 1. The first-order valence-electron chi connectivity index (χ1n) is 5.66. The molecule has 90 valence electrons. The van der Waals surface area contributed by atoms with Gasteiger partial charge in [0.15, 0.2) is 0 Å². The number of alkyl halides is 1. The van der Waals surface area contributed by atoms with Gasteiger partial charge in [-0.3, -0.25) is 0 Å². The largest absolute Gasteiger partial charge is 0.496 e. The molecule has 1 atom stereocenters. The predicted molar refractivity (Wildman–Crippen MR) is 73.4 cm³/mol. The molecule has 0 saturated carbocycles. The molecule has 0 heterocycles. The van der Waals surface area contributed by atoms with Crippen molar-refractivity contribution in [3.05, 3.63) is 28.2 Å². The fourth-order valence-corrected chi connectivity index (χ4v) is 2.38. The van der Waals surface area contributed by atoms with Crippen LogP contribution in [0.2, 0.25) is 0 Å². The molecule has 0 spiro atoms. The van der Waals surface area contributed by atoms with E-state index in [9.17, 15) is 0 Å². The highest BCUT2D eigenvalue weighted by atomic mass is 79.9. The highest BCUT2D eigenvalue weighted by Crippen LogP contribution is 2.35. The Morgan fingerprint density at radius 3 is 2.75 bits per heavy atom. The molecule has 1 rings (SSSR count). The summed E-state index contributed by atoms with van der Waals surface area (Å²) in [4.78, 5) is 0. The van der Waals surface area contributed by atoms with Gasteiger partial charge in [0.1, 0.15) is 5.75 Å². The van der Waals surface area contributed by atoms with Crippen molar-refractivity contribution < 1.29 is 4.74 Å². The molecule has 1 unspecified atom stereocenters. The van der Waals surface area contributed by atoms with Gasteiger partial charge in [-0.1, -0.05) is 42.1 Å². The average molecular weight is 306 g/mol. The number of benzene rings is 1. The maximum absolute atomic E-state index is 6.40. The molecule has 0 N–H and O–H groups in total. The van der Waals surface area contributed by atoms with Crippen LogP contribution in [0.4, 0.5) is 0 Å². The number of methoxy groups -OCH3 is 1. The molecule has 0 fully saturated rings. The molecule has 0 aliphatic carbocycles. The number of unbranched alkanes of at least 4 members (excludes halogenated alkanes) is 2. The van der Waals surface area contributed by atoms with Crippen LogP contribution < -0.4 is 4.74 Å². The highest BCUT2D eigenvalue weighted by Gasteiger charge is 2.13. The molecule has 0 saturated heterocycles. The quantitative estimate of drug-likeness (QED) is 0.510. The summed E-state index contributed by atoms with van der Waals surface area (Å²) in [7, 11) is 1.68. The van der Waals surface area contributed by atoms with Gasteiger partial charge in [0.2, 0.25) is 0 Å². The minimum absolute atomic E-state index is 0.0407. The van der Waals surface area contributed by atoms with Gasteiger partial charge in [-0.05, 0) is 24.6 Å². The van der Waals surface area contributed by atoms with E-state index in [1.165, 1.54) is 19.3 Å². The lowest BCUT2D eigenvalue weighted by Crippen LogP contribution is -1.96. The summed E-state index contributed by atoms with van der Waals surface area (Å²) < 4.78 is 6.37. The van der Waals surface area contributed by atoms with E-state index in [0.29, 0.717) is 0 Å². The number of halogens is 2. The normalized spacial score (nSPS) is 12.5. The van der Waals surface area contributed by atoms with Crippen LogP contribution in [-0.2, 0) is 0 Å². The van der Waals surface area contributed by atoms with Crippen molar-refractivity contribution in [3.8, 4) is 5.75 Å². The fourth-order valence-electron chi connectivity index (χ4n) is 1.68. The maximum Gasteiger partial charge on any atom is 0.123 e. The zero-order valence-electron chi connectivity index (χ0n) is 9.80. The molecule has 0 amide bonds. The van der Waals surface area contributed by atoms with Crippen LogP contribution >= 0.6 is 27.5 Å². The third kappa shape index (κ3) is 3.99. The van der Waals surface area contributed by atoms with Gasteiger partial charge in [0.25, 0.3) is 0 Å². The van der Waals surface area contributed by atoms with Crippen molar-refractivity contribution >= 4 is 27.5 Å². The summed E-state index contributed by atoms with van der Waals surface area (Å²) in [5.41, 5.74) is 1.08. The van der Waals surface area contributed by atoms with Crippen LogP contribution in [0.1, 0.15) is 43.5 Å². The summed E-state index contributed by atoms with van der Waals surface area (Å²) in [5, 5.41) is 0.0407. The minimum Gasteiger partial charge on any atom is -0.496 e. The Kier molecular flexibility index (Phi) is 6.22.